The largest absolute Gasteiger partial charge is 0.480 e. The molecule has 1 fully saturated rings. The van der Waals surface area contributed by atoms with Gasteiger partial charge in [0, 0.05) is 13.0 Å². The number of benzene rings is 1. The summed E-state index contributed by atoms with van der Waals surface area (Å²) in [6.07, 6.45) is -0.154. The molecule has 1 heterocycles. The summed E-state index contributed by atoms with van der Waals surface area (Å²) >= 11 is 0. The van der Waals surface area contributed by atoms with Gasteiger partial charge in [-0.2, -0.15) is 0 Å². The van der Waals surface area contributed by atoms with Crippen LogP contribution >= 0.6 is 0 Å². The molecule has 0 amide bonds. The van der Waals surface area contributed by atoms with Gasteiger partial charge in [0.1, 0.15) is 32.0 Å². The first-order valence-electron chi connectivity index (χ1n) is 14.8. The fourth-order valence-corrected chi connectivity index (χ4v) is 5.27. The highest BCUT2D eigenvalue weighted by atomic mass is 16.6. The molecule has 0 bridgehead atoms. The van der Waals surface area contributed by atoms with Crippen LogP contribution in [0.2, 0.25) is 0 Å². The summed E-state index contributed by atoms with van der Waals surface area (Å²) in [5.41, 5.74) is -2.85. The standard InChI is InChI=1S/C32H47NO10/c1-8-31(6,29(39)43-23-16-24(25(34)35)33-17-23)20-32(7,28(38)42-18-22-12-10-9-11-13-22)19-30(4,5)27(37)41-15-14-40-26(36)21(2)3/h9-13,21,23-24,33H,8,14-20H2,1-7H3,(H,34,35)/t23-,24+,31?,32?/m1/s1. The lowest BCUT2D eigenvalue weighted by atomic mass is 9.65. The van der Waals surface area contributed by atoms with Crippen LogP contribution in [0.5, 0.6) is 0 Å². The van der Waals surface area contributed by atoms with E-state index in [0.29, 0.717) is 6.42 Å². The van der Waals surface area contributed by atoms with Crippen LogP contribution in [0.3, 0.4) is 0 Å². The zero-order chi connectivity index (χ0) is 32.4. The van der Waals surface area contributed by atoms with Crippen LogP contribution in [0.15, 0.2) is 30.3 Å². The highest BCUT2D eigenvalue weighted by Crippen LogP contribution is 2.46. The molecule has 43 heavy (non-hydrogen) atoms. The summed E-state index contributed by atoms with van der Waals surface area (Å²) < 4.78 is 21.9. The minimum absolute atomic E-state index is 0.00677. The van der Waals surface area contributed by atoms with Crippen molar-refractivity contribution in [3.8, 4) is 0 Å². The number of aliphatic carboxylic acids is 1. The van der Waals surface area contributed by atoms with E-state index in [-0.39, 0.29) is 51.5 Å². The van der Waals surface area contributed by atoms with Crippen LogP contribution in [0.25, 0.3) is 0 Å². The van der Waals surface area contributed by atoms with Gasteiger partial charge in [0.05, 0.1) is 22.2 Å². The zero-order valence-electron chi connectivity index (χ0n) is 26.4. The molecule has 0 radical (unpaired) electrons. The summed E-state index contributed by atoms with van der Waals surface area (Å²) in [5.74, 6) is -3.45. The van der Waals surface area contributed by atoms with Crippen molar-refractivity contribution in [2.24, 2.45) is 22.2 Å². The SMILES string of the molecule is CCC(C)(CC(C)(CC(C)(C)C(=O)OCCOC(=O)C(C)C)C(=O)OCc1ccccc1)C(=O)O[C@H]1CN[C@H](C(=O)O)C1. The third-order valence-corrected chi connectivity index (χ3v) is 7.84. The quantitative estimate of drug-likeness (QED) is 0.159. The molecule has 4 atom stereocenters. The summed E-state index contributed by atoms with van der Waals surface area (Å²) in [5, 5.41) is 12.1. The van der Waals surface area contributed by atoms with Gasteiger partial charge in [0.25, 0.3) is 0 Å². The fourth-order valence-electron chi connectivity index (χ4n) is 5.27. The maximum atomic E-state index is 13.8. The molecule has 1 saturated heterocycles. The van der Waals surface area contributed by atoms with Crippen LogP contribution in [0.4, 0.5) is 0 Å². The number of hydrogen-bond donors (Lipinski definition) is 2. The van der Waals surface area contributed by atoms with E-state index in [0.717, 1.165) is 5.56 Å². The summed E-state index contributed by atoms with van der Waals surface area (Å²) in [4.78, 5) is 63.4. The van der Waals surface area contributed by atoms with Gasteiger partial charge in [0.15, 0.2) is 0 Å². The molecule has 2 unspecified atom stereocenters. The monoisotopic (exact) mass is 605 g/mol. The van der Waals surface area contributed by atoms with E-state index in [1.54, 1.807) is 41.5 Å². The van der Waals surface area contributed by atoms with Gasteiger partial charge in [-0.05, 0) is 52.5 Å². The molecule has 1 aromatic carbocycles. The Kier molecular flexibility index (Phi) is 12.7. The molecular formula is C32H47NO10. The van der Waals surface area contributed by atoms with Crippen LogP contribution in [0.1, 0.15) is 79.7 Å². The van der Waals surface area contributed by atoms with Crippen molar-refractivity contribution in [2.75, 3.05) is 19.8 Å². The second-order valence-electron chi connectivity index (χ2n) is 12.8. The van der Waals surface area contributed by atoms with Gasteiger partial charge in [-0.25, -0.2) is 0 Å². The van der Waals surface area contributed by atoms with Crippen molar-refractivity contribution in [1.82, 2.24) is 5.32 Å². The first kappa shape index (κ1) is 35.7. The van der Waals surface area contributed by atoms with Crippen LogP contribution < -0.4 is 5.32 Å². The van der Waals surface area contributed by atoms with Crippen molar-refractivity contribution < 1.29 is 48.0 Å². The Balaban J connectivity index is 2.22. The van der Waals surface area contributed by atoms with E-state index >= 15 is 0 Å². The number of carbonyl (C=O) groups excluding carboxylic acids is 4. The van der Waals surface area contributed by atoms with Crippen molar-refractivity contribution >= 4 is 29.8 Å². The van der Waals surface area contributed by atoms with E-state index in [1.807, 2.05) is 37.3 Å². The molecule has 240 valence electrons. The first-order valence-corrected chi connectivity index (χ1v) is 14.8. The number of hydrogen-bond acceptors (Lipinski definition) is 10. The summed E-state index contributed by atoms with van der Waals surface area (Å²) in [6.45, 7) is 11.9. The Labute approximate surface area is 254 Å². The van der Waals surface area contributed by atoms with Crippen LogP contribution in [-0.2, 0) is 49.5 Å². The van der Waals surface area contributed by atoms with E-state index in [1.165, 1.54) is 0 Å². The lowest BCUT2D eigenvalue weighted by Gasteiger charge is -2.40. The Hall–Kier alpha value is -3.47. The topological polar surface area (TPSA) is 155 Å². The highest BCUT2D eigenvalue weighted by molar-refractivity contribution is 5.83. The highest BCUT2D eigenvalue weighted by Gasteiger charge is 2.50. The van der Waals surface area contributed by atoms with E-state index in [2.05, 4.69) is 5.32 Å². The number of esters is 4. The lowest BCUT2D eigenvalue weighted by molar-refractivity contribution is -0.172. The summed E-state index contributed by atoms with van der Waals surface area (Å²) in [6, 6.07) is 8.36. The predicted molar refractivity (Wildman–Crippen MR) is 156 cm³/mol. The first-order chi connectivity index (χ1) is 20.0. The number of ether oxygens (including phenoxy) is 4. The van der Waals surface area contributed by atoms with Crippen LogP contribution in [0, 0.1) is 22.2 Å². The van der Waals surface area contributed by atoms with Gasteiger partial charge in [0.2, 0.25) is 0 Å². The van der Waals surface area contributed by atoms with Gasteiger partial charge in [-0.1, -0.05) is 51.1 Å². The molecule has 1 aromatic rings. The number of rotatable bonds is 16. The van der Waals surface area contributed by atoms with E-state index in [4.69, 9.17) is 18.9 Å². The second-order valence-corrected chi connectivity index (χ2v) is 12.8. The van der Waals surface area contributed by atoms with Crippen molar-refractivity contribution in [3.63, 3.8) is 0 Å². The molecule has 11 heteroatoms. The van der Waals surface area contributed by atoms with Gasteiger partial charge in [-0.15, -0.1) is 0 Å². The molecule has 11 nitrogen and oxygen atoms in total. The van der Waals surface area contributed by atoms with E-state index < -0.39 is 58.2 Å². The van der Waals surface area contributed by atoms with Crippen molar-refractivity contribution in [1.29, 1.82) is 0 Å². The average Bonchev–Trinajstić information content (AvgIpc) is 3.42. The molecule has 0 spiro atoms. The average molecular weight is 606 g/mol. The van der Waals surface area contributed by atoms with Crippen LogP contribution in [-0.4, -0.2) is 66.9 Å². The maximum absolute atomic E-state index is 13.8. The van der Waals surface area contributed by atoms with Crippen molar-refractivity contribution in [2.45, 2.75) is 92.9 Å². The smallest absolute Gasteiger partial charge is 0.320 e. The minimum Gasteiger partial charge on any atom is -0.480 e. The van der Waals surface area contributed by atoms with E-state index in [9.17, 15) is 29.1 Å². The third-order valence-electron chi connectivity index (χ3n) is 7.84. The molecule has 1 aliphatic heterocycles. The molecule has 0 saturated carbocycles. The Bertz CT molecular complexity index is 1130. The van der Waals surface area contributed by atoms with Gasteiger partial charge >= 0.3 is 29.8 Å². The minimum atomic E-state index is -1.32. The summed E-state index contributed by atoms with van der Waals surface area (Å²) in [7, 11) is 0. The van der Waals surface area contributed by atoms with Gasteiger partial charge in [-0.3, -0.25) is 24.0 Å². The Morgan fingerprint density at radius 1 is 0.884 bits per heavy atom. The number of carbonyl (C=O) groups is 5. The third kappa shape index (κ3) is 10.3. The normalized spacial score (nSPS) is 19.5. The molecule has 2 N–H and O–H groups in total. The Morgan fingerprint density at radius 2 is 1.51 bits per heavy atom. The molecule has 2 rings (SSSR count). The second kappa shape index (κ2) is 15.3. The maximum Gasteiger partial charge on any atom is 0.320 e. The molecule has 0 aliphatic carbocycles. The number of carboxylic acids is 1. The zero-order valence-corrected chi connectivity index (χ0v) is 26.4. The van der Waals surface area contributed by atoms with Gasteiger partial charge < -0.3 is 29.4 Å². The molecule has 0 aromatic heterocycles. The molecular weight excluding hydrogens is 558 g/mol. The molecule has 1 aliphatic rings. The Morgan fingerprint density at radius 3 is 2.07 bits per heavy atom. The number of nitrogens with one attached hydrogen (secondary N) is 1. The van der Waals surface area contributed by atoms with Crippen molar-refractivity contribution in [3.05, 3.63) is 35.9 Å². The predicted octanol–water partition coefficient (Wildman–Crippen LogP) is 4.06. The fraction of sp³-hybridized carbons (Fsp3) is 0.656. The lowest BCUT2D eigenvalue weighted by Crippen LogP contribution is -2.45. The number of carboxylic acid groups (broad SMARTS) is 1.